The summed E-state index contributed by atoms with van der Waals surface area (Å²) in [7, 11) is 0. The third-order valence-electron chi connectivity index (χ3n) is 7.34. The smallest absolute Gasteiger partial charge is 0.250 e. The summed E-state index contributed by atoms with van der Waals surface area (Å²) >= 11 is 8.07. The number of carbonyl (C=O) groups excluding carboxylic acids is 3. The third-order valence-corrected chi connectivity index (χ3v) is 8.21. The highest BCUT2D eigenvalue weighted by Gasteiger charge is 2.71. The summed E-state index contributed by atoms with van der Waals surface area (Å²) in [4.78, 5) is 42.3. The Hall–Kier alpha value is -1.57. The monoisotopic (exact) mass is 447 g/mol. The molecule has 1 saturated carbocycles. The molecule has 3 heterocycles. The van der Waals surface area contributed by atoms with Gasteiger partial charge >= 0.3 is 0 Å². The third kappa shape index (κ3) is 2.64. The molecule has 0 bridgehead atoms. The molecule has 8 heteroatoms. The van der Waals surface area contributed by atoms with Crippen molar-refractivity contribution >= 4 is 46.8 Å². The van der Waals surface area contributed by atoms with Crippen LogP contribution in [0.15, 0.2) is 12.1 Å². The minimum absolute atomic E-state index is 0.0288. The van der Waals surface area contributed by atoms with E-state index in [0.29, 0.717) is 16.3 Å². The average Bonchev–Trinajstić information content (AvgIpc) is 3.44. The highest BCUT2D eigenvalue weighted by Crippen LogP contribution is 2.55. The molecule has 3 amide bonds. The molecule has 3 aliphatic heterocycles. The van der Waals surface area contributed by atoms with Crippen molar-refractivity contribution in [1.82, 2.24) is 10.2 Å². The molecule has 4 aliphatic rings. The maximum absolute atomic E-state index is 13.7. The molecular formula is C22H26ClN3O3S. The first-order valence-electron chi connectivity index (χ1n) is 10.7. The number of benzene rings is 1. The number of anilines is 1. The van der Waals surface area contributed by atoms with E-state index in [4.69, 9.17) is 11.6 Å². The highest BCUT2D eigenvalue weighted by atomic mass is 35.5. The molecule has 6 nitrogen and oxygen atoms in total. The Balaban J connectivity index is 1.65. The van der Waals surface area contributed by atoms with Gasteiger partial charge in [0.25, 0.3) is 0 Å². The van der Waals surface area contributed by atoms with Crippen molar-refractivity contribution in [3.8, 4) is 0 Å². The summed E-state index contributed by atoms with van der Waals surface area (Å²) in [6.45, 7) is 1.90. The number of hydrogen-bond donors (Lipinski definition) is 2. The molecule has 1 spiro atoms. The number of aryl methyl sites for hydroxylation is 1. The number of nitrogens with one attached hydrogen (secondary N) is 2. The van der Waals surface area contributed by atoms with Crippen molar-refractivity contribution in [2.24, 2.45) is 11.8 Å². The largest absolute Gasteiger partial charge is 0.324 e. The summed E-state index contributed by atoms with van der Waals surface area (Å²) in [5.41, 5.74) is 1.03. The molecular weight excluding hydrogens is 422 g/mol. The van der Waals surface area contributed by atoms with Crippen molar-refractivity contribution in [1.29, 1.82) is 0 Å². The molecule has 1 aromatic rings. The van der Waals surface area contributed by atoms with E-state index < -0.39 is 17.4 Å². The molecule has 3 fully saturated rings. The number of hydrogen-bond acceptors (Lipinski definition) is 5. The molecule has 0 unspecified atom stereocenters. The van der Waals surface area contributed by atoms with E-state index in [1.54, 1.807) is 17.8 Å². The van der Waals surface area contributed by atoms with Crippen molar-refractivity contribution in [2.45, 2.75) is 56.7 Å². The van der Waals surface area contributed by atoms with Gasteiger partial charge in [0.2, 0.25) is 17.7 Å². The van der Waals surface area contributed by atoms with E-state index in [-0.39, 0.29) is 29.8 Å². The Morgan fingerprint density at radius 1 is 1.20 bits per heavy atom. The van der Waals surface area contributed by atoms with Crippen LogP contribution >= 0.6 is 23.4 Å². The molecule has 30 heavy (non-hydrogen) atoms. The lowest BCUT2D eigenvalue weighted by atomic mass is 9.76. The Labute approximate surface area is 185 Å². The number of thioether (sulfide) groups is 1. The lowest BCUT2D eigenvalue weighted by molar-refractivity contribution is -0.145. The summed E-state index contributed by atoms with van der Waals surface area (Å²) < 4.78 is 0. The first kappa shape index (κ1) is 20.3. The van der Waals surface area contributed by atoms with Crippen molar-refractivity contribution in [3.63, 3.8) is 0 Å². The first-order chi connectivity index (χ1) is 14.4. The van der Waals surface area contributed by atoms with Crippen molar-refractivity contribution < 1.29 is 14.4 Å². The van der Waals surface area contributed by atoms with E-state index in [1.165, 1.54) is 4.90 Å². The topological polar surface area (TPSA) is 78.5 Å². The van der Waals surface area contributed by atoms with Crippen LogP contribution in [0.3, 0.4) is 0 Å². The summed E-state index contributed by atoms with van der Waals surface area (Å²) in [5.74, 6) is -0.939. The van der Waals surface area contributed by atoms with Crippen LogP contribution in [0.25, 0.3) is 0 Å². The van der Waals surface area contributed by atoms with Crippen LogP contribution < -0.4 is 10.6 Å². The fourth-order valence-corrected chi connectivity index (χ4v) is 6.83. The summed E-state index contributed by atoms with van der Waals surface area (Å²) in [6.07, 6.45) is 6.54. The lowest BCUT2D eigenvalue weighted by Gasteiger charge is -2.31. The summed E-state index contributed by atoms with van der Waals surface area (Å²) in [5, 5.41) is 7.00. The second-order valence-electron chi connectivity index (χ2n) is 8.93. The quantitative estimate of drug-likeness (QED) is 0.693. The Morgan fingerprint density at radius 2 is 1.93 bits per heavy atom. The predicted octanol–water partition coefficient (Wildman–Crippen LogP) is 3.06. The molecule has 5 rings (SSSR count). The first-order valence-corrected chi connectivity index (χ1v) is 12.4. The zero-order chi connectivity index (χ0) is 21.2. The number of amides is 3. The Kier molecular flexibility index (Phi) is 4.91. The number of imide groups is 1. The molecule has 2 saturated heterocycles. The number of rotatable bonds is 4. The van der Waals surface area contributed by atoms with Gasteiger partial charge in [-0.25, -0.2) is 0 Å². The minimum Gasteiger partial charge on any atom is -0.324 e. The molecule has 0 aromatic heterocycles. The van der Waals surface area contributed by atoms with Crippen LogP contribution in [0.2, 0.25) is 5.02 Å². The maximum atomic E-state index is 13.7. The normalized spacial score (nSPS) is 33.0. The predicted molar refractivity (Wildman–Crippen MR) is 118 cm³/mol. The van der Waals surface area contributed by atoms with Crippen LogP contribution in [0.4, 0.5) is 5.69 Å². The number of fused-ring (bicyclic) bond motifs is 4. The van der Waals surface area contributed by atoms with Gasteiger partial charge in [0.1, 0.15) is 5.54 Å². The zero-order valence-electron chi connectivity index (χ0n) is 17.2. The minimum atomic E-state index is -1.24. The number of likely N-dealkylation sites (tertiary alicyclic amines) is 1. The van der Waals surface area contributed by atoms with Crippen LogP contribution in [-0.4, -0.2) is 46.7 Å². The summed E-state index contributed by atoms with van der Waals surface area (Å²) in [6, 6.07) is 3.34. The van der Waals surface area contributed by atoms with Crippen molar-refractivity contribution in [2.75, 3.05) is 17.3 Å². The lowest BCUT2D eigenvalue weighted by Crippen LogP contribution is -2.54. The number of nitrogens with zero attached hydrogens (tertiary/aromatic N) is 1. The van der Waals surface area contributed by atoms with E-state index in [1.807, 2.05) is 19.2 Å². The molecule has 160 valence electrons. The Morgan fingerprint density at radius 3 is 2.63 bits per heavy atom. The van der Waals surface area contributed by atoms with Crippen LogP contribution in [0.1, 0.15) is 43.2 Å². The molecule has 1 aliphatic carbocycles. The van der Waals surface area contributed by atoms with E-state index in [2.05, 4.69) is 10.6 Å². The molecule has 1 aromatic carbocycles. The number of carbonyl (C=O) groups is 3. The van der Waals surface area contributed by atoms with Gasteiger partial charge in [-0.05, 0) is 55.9 Å². The van der Waals surface area contributed by atoms with E-state index >= 15 is 0 Å². The van der Waals surface area contributed by atoms with Crippen LogP contribution in [-0.2, 0) is 19.9 Å². The SMILES string of the molecule is CSCC[C@H]1N[C@@]2(C(=O)Nc3c(C)cc(Cl)cc32)[C@@H]2C(=O)N(C3CCCC3)C(=O)[C@@H]21. The van der Waals surface area contributed by atoms with Gasteiger partial charge in [-0.2, -0.15) is 11.8 Å². The van der Waals surface area contributed by atoms with Gasteiger partial charge in [-0.15, -0.1) is 0 Å². The van der Waals surface area contributed by atoms with Crippen LogP contribution in [0.5, 0.6) is 0 Å². The average molecular weight is 448 g/mol. The van der Waals surface area contributed by atoms with Gasteiger partial charge in [0.05, 0.1) is 11.8 Å². The molecule has 4 atom stereocenters. The van der Waals surface area contributed by atoms with E-state index in [9.17, 15) is 14.4 Å². The molecule has 0 radical (unpaired) electrons. The van der Waals surface area contributed by atoms with Gasteiger partial charge in [0.15, 0.2) is 0 Å². The fourth-order valence-electron chi connectivity index (χ4n) is 6.07. The fraction of sp³-hybridized carbons (Fsp3) is 0.591. The van der Waals surface area contributed by atoms with E-state index in [0.717, 1.165) is 43.4 Å². The van der Waals surface area contributed by atoms with Gasteiger partial charge < -0.3 is 5.32 Å². The van der Waals surface area contributed by atoms with Gasteiger partial charge in [0, 0.05) is 28.4 Å². The van der Waals surface area contributed by atoms with Crippen LogP contribution in [0, 0.1) is 18.8 Å². The van der Waals surface area contributed by atoms with Gasteiger partial charge in [-0.3, -0.25) is 24.6 Å². The standard InChI is InChI=1S/C22H26ClN3O3S/c1-11-9-12(23)10-14-18(11)24-21(29)22(14)17-16(15(25-22)7-8-30-2)19(27)26(20(17)28)13-5-3-4-6-13/h9-10,13,15-17,25H,3-8H2,1-2H3,(H,24,29)/t15-,16-,17+,22-/m1/s1. The maximum Gasteiger partial charge on any atom is 0.250 e. The highest BCUT2D eigenvalue weighted by molar-refractivity contribution is 7.98. The van der Waals surface area contributed by atoms with Crippen molar-refractivity contribution in [3.05, 3.63) is 28.3 Å². The second-order valence-corrected chi connectivity index (χ2v) is 10.3. The zero-order valence-corrected chi connectivity index (χ0v) is 18.7. The Bertz CT molecular complexity index is 948. The number of halogens is 1. The van der Waals surface area contributed by atoms with Gasteiger partial charge in [-0.1, -0.05) is 24.4 Å². The molecule has 2 N–H and O–H groups in total. The second kappa shape index (κ2) is 7.24.